The molecule has 0 fully saturated rings. The molecule has 2 nitrogen and oxygen atoms in total. The van der Waals surface area contributed by atoms with Crippen LogP contribution in [0.15, 0.2) is 218 Å². The highest BCUT2D eigenvalue weighted by Gasteiger charge is 2.60. The Morgan fingerprint density at radius 1 is 0.241 bits per heavy atom. The van der Waals surface area contributed by atoms with E-state index in [9.17, 15) is 0 Å². The van der Waals surface area contributed by atoms with E-state index in [0.29, 0.717) is 0 Å². The van der Waals surface area contributed by atoms with Crippen LogP contribution in [-0.4, -0.2) is 9.13 Å². The normalized spacial score (nSPS) is 17.8. The van der Waals surface area contributed by atoms with Gasteiger partial charge in [-0.05, 0) is 93.0 Å². The number of rotatable bonds is 4. The minimum atomic E-state index is -0.576. The highest BCUT2D eigenvalue weighted by Crippen LogP contribution is 2.66. The molecule has 2 bridgehead atoms. The summed E-state index contributed by atoms with van der Waals surface area (Å²) in [5.41, 5.74) is 16.6. The number of fused-ring (bicyclic) bond motifs is 6. The molecule has 0 aliphatic heterocycles. The van der Waals surface area contributed by atoms with E-state index in [2.05, 4.69) is 228 Å². The number of hydrogen-bond donors (Lipinski definition) is 0. The van der Waals surface area contributed by atoms with Crippen molar-refractivity contribution in [2.45, 2.75) is 10.8 Å². The van der Waals surface area contributed by atoms with Crippen molar-refractivity contribution >= 4 is 43.6 Å². The molecular weight excluding hydrogens is 701 g/mol. The zero-order chi connectivity index (χ0) is 38.0. The molecule has 3 aliphatic rings. The first kappa shape index (κ1) is 31.7. The van der Waals surface area contributed by atoms with Crippen LogP contribution < -0.4 is 0 Å². The third-order valence-electron chi connectivity index (χ3n) is 13.4. The first-order chi connectivity index (χ1) is 28.8. The Morgan fingerprint density at radius 3 is 1.09 bits per heavy atom. The molecule has 58 heavy (non-hydrogen) atoms. The van der Waals surface area contributed by atoms with Gasteiger partial charge in [0.25, 0.3) is 0 Å². The highest BCUT2D eigenvalue weighted by molar-refractivity contribution is 6.10. The van der Waals surface area contributed by atoms with E-state index in [1.165, 1.54) is 93.8 Å². The fraction of sp³-hybridized carbons (Fsp3) is 0.0357. The Bertz CT molecular complexity index is 3290. The predicted molar refractivity (Wildman–Crippen MR) is 239 cm³/mol. The van der Waals surface area contributed by atoms with E-state index >= 15 is 0 Å². The molecule has 0 saturated carbocycles. The van der Waals surface area contributed by atoms with E-state index in [-0.39, 0.29) is 0 Å². The van der Waals surface area contributed by atoms with Gasteiger partial charge in [-0.2, -0.15) is 0 Å². The summed E-state index contributed by atoms with van der Waals surface area (Å²) in [6.45, 7) is 0. The molecule has 0 amide bonds. The average Bonchev–Trinajstić information content (AvgIpc) is 3.82. The molecule has 2 heteroatoms. The van der Waals surface area contributed by atoms with E-state index in [0.717, 1.165) is 5.69 Å². The second-order valence-corrected chi connectivity index (χ2v) is 16.0. The van der Waals surface area contributed by atoms with Crippen molar-refractivity contribution < 1.29 is 0 Å². The molecule has 0 radical (unpaired) electrons. The molecule has 14 rings (SSSR count). The van der Waals surface area contributed by atoms with Crippen molar-refractivity contribution in [2.24, 2.45) is 0 Å². The Labute approximate surface area is 336 Å². The molecule has 11 aromatic rings. The average molecular weight is 737 g/mol. The maximum absolute atomic E-state index is 2.53. The van der Waals surface area contributed by atoms with Gasteiger partial charge in [0.2, 0.25) is 0 Å². The molecule has 0 atom stereocenters. The zero-order valence-electron chi connectivity index (χ0n) is 31.7. The molecule has 9 aromatic carbocycles. The van der Waals surface area contributed by atoms with Crippen LogP contribution in [0, 0.1) is 0 Å². The Hall–Kier alpha value is -7.42. The molecule has 3 aliphatic carbocycles. The third kappa shape index (κ3) is 3.82. The molecule has 0 saturated heterocycles. The SMILES string of the molecule is c1ccc(C23c4ccccc4C(c4cccc(-n5c6ccccc6c6ccccc65)c4)(c4ccccc42)c2ccc(-n4c5ccccc5c5ccccc54)cc23)cc1. The van der Waals surface area contributed by atoms with Crippen LogP contribution >= 0.6 is 0 Å². The smallest absolute Gasteiger partial charge is 0.0712 e. The van der Waals surface area contributed by atoms with Crippen molar-refractivity contribution in [3.8, 4) is 11.4 Å². The van der Waals surface area contributed by atoms with Crippen molar-refractivity contribution in [3.05, 3.63) is 263 Å². The lowest BCUT2D eigenvalue weighted by Gasteiger charge is -2.57. The zero-order valence-corrected chi connectivity index (χ0v) is 31.7. The molecule has 2 heterocycles. The van der Waals surface area contributed by atoms with Gasteiger partial charge in [0.1, 0.15) is 0 Å². The van der Waals surface area contributed by atoms with Gasteiger partial charge >= 0.3 is 0 Å². The molecular formula is C56H36N2. The summed E-state index contributed by atoms with van der Waals surface area (Å²) >= 11 is 0. The lowest BCUT2D eigenvalue weighted by molar-refractivity contribution is 0.557. The summed E-state index contributed by atoms with van der Waals surface area (Å²) in [6.07, 6.45) is 0. The topological polar surface area (TPSA) is 9.86 Å². The van der Waals surface area contributed by atoms with E-state index < -0.39 is 10.8 Å². The third-order valence-corrected chi connectivity index (χ3v) is 13.4. The lowest BCUT2D eigenvalue weighted by Crippen LogP contribution is -2.52. The monoisotopic (exact) mass is 736 g/mol. The van der Waals surface area contributed by atoms with Crippen LogP contribution in [0.25, 0.3) is 55.0 Å². The van der Waals surface area contributed by atoms with Crippen LogP contribution in [0.1, 0.15) is 44.5 Å². The quantitative estimate of drug-likeness (QED) is 0.170. The summed E-state index contributed by atoms with van der Waals surface area (Å²) in [5.74, 6) is 0. The van der Waals surface area contributed by atoms with Crippen LogP contribution in [0.5, 0.6) is 0 Å². The minimum absolute atomic E-state index is 0.537. The Balaban J connectivity index is 1.17. The van der Waals surface area contributed by atoms with Gasteiger partial charge in [-0.1, -0.05) is 170 Å². The summed E-state index contributed by atoms with van der Waals surface area (Å²) in [5, 5.41) is 5.07. The summed E-state index contributed by atoms with van der Waals surface area (Å²) in [4.78, 5) is 0. The number of benzene rings is 9. The van der Waals surface area contributed by atoms with Gasteiger partial charge in [0, 0.05) is 32.9 Å². The van der Waals surface area contributed by atoms with Crippen LogP contribution in [0.3, 0.4) is 0 Å². The van der Waals surface area contributed by atoms with Gasteiger partial charge in [-0.15, -0.1) is 0 Å². The number of para-hydroxylation sites is 4. The largest absolute Gasteiger partial charge is 0.309 e. The number of aromatic nitrogens is 2. The van der Waals surface area contributed by atoms with Crippen molar-refractivity contribution in [3.63, 3.8) is 0 Å². The molecule has 0 spiro atoms. The lowest BCUT2D eigenvalue weighted by atomic mass is 9.44. The fourth-order valence-electron chi connectivity index (χ4n) is 11.4. The molecule has 0 N–H and O–H groups in total. The Morgan fingerprint density at radius 2 is 0.603 bits per heavy atom. The first-order valence-corrected chi connectivity index (χ1v) is 20.3. The number of hydrogen-bond acceptors (Lipinski definition) is 0. The summed E-state index contributed by atoms with van der Waals surface area (Å²) < 4.78 is 4.92. The predicted octanol–water partition coefficient (Wildman–Crippen LogP) is 13.3. The van der Waals surface area contributed by atoms with Gasteiger partial charge in [0.15, 0.2) is 0 Å². The molecule has 2 aromatic heterocycles. The van der Waals surface area contributed by atoms with Crippen LogP contribution in [0.2, 0.25) is 0 Å². The van der Waals surface area contributed by atoms with Gasteiger partial charge in [-0.25, -0.2) is 0 Å². The summed E-state index contributed by atoms with van der Waals surface area (Å²) in [7, 11) is 0. The maximum atomic E-state index is 2.53. The van der Waals surface area contributed by atoms with Crippen molar-refractivity contribution in [2.75, 3.05) is 0 Å². The van der Waals surface area contributed by atoms with Gasteiger partial charge in [0.05, 0.1) is 32.9 Å². The van der Waals surface area contributed by atoms with Crippen molar-refractivity contribution in [1.82, 2.24) is 9.13 Å². The van der Waals surface area contributed by atoms with Crippen molar-refractivity contribution in [1.29, 1.82) is 0 Å². The van der Waals surface area contributed by atoms with E-state index in [4.69, 9.17) is 0 Å². The minimum Gasteiger partial charge on any atom is -0.309 e. The summed E-state index contributed by atoms with van der Waals surface area (Å²) in [6, 6.07) is 81.9. The second kappa shape index (κ2) is 11.6. The number of nitrogens with zero attached hydrogens (tertiary/aromatic N) is 2. The highest BCUT2D eigenvalue weighted by atomic mass is 15.0. The van der Waals surface area contributed by atoms with E-state index in [1.54, 1.807) is 0 Å². The van der Waals surface area contributed by atoms with Gasteiger partial charge in [-0.3, -0.25) is 0 Å². The Kier molecular flexibility index (Phi) is 6.33. The van der Waals surface area contributed by atoms with Crippen LogP contribution in [0.4, 0.5) is 0 Å². The fourth-order valence-corrected chi connectivity index (χ4v) is 11.4. The standard InChI is InChI=1S/C56H36N2/c1-2-17-37(18-3-1)55-45-25-8-10-27-47(45)56(48-28-11-9-26-46(48)55,38-19-16-20-39(35-38)57-51-29-12-4-21-41(51)42-22-5-13-30-52(42)57)49-34-33-40(36-50(49)55)58-53-31-14-6-23-43(53)44-24-7-15-32-54(44)58/h1-36H. The second-order valence-electron chi connectivity index (χ2n) is 16.0. The molecule has 270 valence electrons. The van der Waals surface area contributed by atoms with Crippen LogP contribution in [-0.2, 0) is 10.8 Å². The first-order valence-electron chi connectivity index (χ1n) is 20.3. The van der Waals surface area contributed by atoms with Gasteiger partial charge < -0.3 is 9.13 Å². The van der Waals surface area contributed by atoms with E-state index in [1.807, 2.05) is 0 Å². The maximum Gasteiger partial charge on any atom is 0.0712 e. The molecule has 0 unspecified atom stereocenters.